The molecule has 0 spiro atoms. The molecular formula is C12H16F3N. The Kier molecular flexibility index (Phi) is 5.32. The van der Waals surface area contributed by atoms with E-state index in [1.54, 1.807) is 12.1 Å². The molecule has 1 atom stereocenters. The molecule has 1 rings (SSSR count). The maximum Gasteiger partial charge on any atom is 0.273 e. The Labute approximate surface area is 93.7 Å². The van der Waals surface area contributed by atoms with Crippen molar-refractivity contribution in [1.29, 1.82) is 0 Å². The number of rotatable bonds is 6. The van der Waals surface area contributed by atoms with E-state index in [2.05, 4.69) is 5.32 Å². The summed E-state index contributed by atoms with van der Waals surface area (Å²) in [5.74, 6) is 0. The number of alkyl halides is 3. The van der Waals surface area contributed by atoms with E-state index in [1.807, 2.05) is 7.05 Å². The van der Waals surface area contributed by atoms with Crippen LogP contribution in [0.3, 0.4) is 0 Å². The zero-order valence-corrected chi connectivity index (χ0v) is 9.22. The molecule has 1 unspecified atom stereocenters. The van der Waals surface area contributed by atoms with Gasteiger partial charge in [0.15, 0.2) is 6.17 Å². The van der Waals surface area contributed by atoms with Gasteiger partial charge in [0.25, 0.3) is 6.43 Å². The molecule has 1 aromatic carbocycles. The van der Waals surface area contributed by atoms with Gasteiger partial charge in [-0.2, -0.15) is 0 Å². The molecule has 1 aromatic rings. The Hall–Kier alpha value is -1.03. The molecule has 1 nitrogen and oxygen atoms in total. The number of halogens is 3. The maximum atomic E-state index is 12.9. The summed E-state index contributed by atoms with van der Waals surface area (Å²) in [6, 6.07) is 6.29. The van der Waals surface area contributed by atoms with Gasteiger partial charge in [-0.25, -0.2) is 13.2 Å². The zero-order chi connectivity index (χ0) is 12.0. The highest BCUT2D eigenvalue weighted by Crippen LogP contribution is 2.24. The molecule has 0 aromatic heterocycles. The van der Waals surface area contributed by atoms with E-state index in [9.17, 15) is 13.2 Å². The van der Waals surface area contributed by atoms with E-state index < -0.39 is 12.6 Å². The third kappa shape index (κ3) is 3.85. The Bertz CT molecular complexity index is 298. The molecule has 0 saturated carbocycles. The van der Waals surface area contributed by atoms with Crippen molar-refractivity contribution < 1.29 is 13.2 Å². The van der Waals surface area contributed by atoms with Crippen LogP contribution in [0.25, 0.3) is 0 Å². The Morgan fingerprint density at radius 1 is 1.12 bits per heavy atom. The van der Waals surface area contributed by atoms with Crippen LogP contribution < -0.4 is 5.32 Å². The fourth-order valence-corrected chi connectivity index (χ4v) is 1.48. The lowest BCUT2D eigenvalue weighted by Gasteiger charge is -2.08. The molecule has 90 valence electrons. The molecule has 0 fully saturated rings. The molecule has 0 amide bonds. The number of aryl methyl sites for hydroxylation is 1. The van der Waals surface area contributed by atoms with Crippen molar-refractivity contribution in [2.45, 2.75) is 25.4 Å². The lowest BCUT2D eigenvalue weighted by Crippen LogP contribution is -2.08. The summed E-state index contributed by atoms with van der Waals surface area (Å²) in [6.45, 7) is 0.907. The fraction of sp³-hybridized carbons (Fsp3) is 0.500. The largest absolute Gasteiger partial charge is 0.320 e. The predicted octanol–water partition coefficient (Wildman–Crippen LogP) is 3.11. The first-order valence-corrected chi connectivity index (χ1v) is 5.31. The number of hydrogen-bond acceptors (Lipinski definition) is 1. The van der Waals surface area contributed by atoms with Gasteiger partial charge in [0.05, 0.1) is 0 Å². The van der Waals surface area contributed by atoms with Crippen LogP contribution in [0.15, 0.2) is 24.3 Å². The van der Waals surface area contributed by atoms with Crippen molar-refractivity contribution in [2.75, 3.05) is 13.6 Å². The summed E-state index contributed by atoms with van der Waals surface area (Å²) < 4.78 is 37.1. The van der Waals surface area contributed by atoms with E-state index in [0.717, 1.165) is 24.9 Å². The van der Waals surface area contributed by atoms with E-state index in [1.165, 1.54) is 12.1 Å². The van der Waals surface area contributed by atoms with Crippen LogP contribution >= 0.6 is 0 Å². The SMILES string of the molecule is CNCCCc1ccc(C(F)C(F)F)cc1. The highest BCUT2D eigenvalue weighted by Gasteiger charge is 2.20. The molecule has 0 heterocycles. The molecular weight excluding hydrogens is 215 g/mol. The first-order chi connectivity index (χ1) is 7.65. The zero-order valence-electron chi connectivity index (χ0n) is 9.22. The van der Waals surface area contributed by atoms with E-state index in [0.29, 0.717) is 0 Å². The molecule has 16 heavy (non-hydrogen) atoms. The highest BCUT2D eigenvalue weighted by molar-refractivity contribution is 5.24. The van der Waals surface area contributed by atoms with Crippen molar-refractivity contribution in [1.82, 2.24) is 5.32 Å². The van der Waals surface area contributed by atoms with E-state index >= 15 is 0 Å². The molecule has 0 aliphatic rings. The second-order valence-corrected chi connectivity index (χ2v) is 3.68. The monoisotopic (exact) mass is 231 g/mol. The minimum Gasteiger partial charge on any atom is -0.320 e. The lowest BCUT2D eigenvalue weighted by atomic mass is 10.0. The van der Waals surface area contributed by atoms with Crippen LogP contribution in [0, 0.1) is 0 Å². The smallest absolute Gasteiger partial charge is 0.273 e. The van der Waals surface area contributed by atoms with Gasteiger partial charge >= 0.3 is 0 Å². The average Bonchev–Trinajstić information content (AvgIpc) is 2.29. The van der Waals surface area contributed by atoms with Crippen molar-refractivity contribution in [3.8, 4) is 0 Å². The minimum atomic E-state index is -2.95. The van der Waals surface area contributed by atoms with Crippen LogP contribution in [0.5, 0.6) is 0 Å². The predicted molar refractivity (Wildman–Crippen MR) is 58.5 cm³/mol. The quantitative estimate of drug-likeness (QED) is 0.742. The number of nitrogens with one attached hydrogen (secondary N) is 1. The van der Waals surface area contributed by atoms with Gasteiger partial charge in [0.1, 0.15) is 0 Å². The van der Waals surface area contributed by atoms with Crippen LogP contribution in [0.4, 0.5) is 13.2 Å². The van der Waals surface area contributed by atoms with Crippen LogP contribution in [0.1, 0.15) is 23.7 Å². The first-order valence-electron chi connectivity index (χ1n) is 5.31. The molecule has 0 saturated heterocycles. The van der Waals surface area contributed by atoms with E-state index in [-0.39, 0.29) is 5.56 Å². The van der Waals surface area contributed by atoms with Crippen molar-refractivity contribution >= 4 is 0 Å². The van der Waals surface area contributed by atoms with Gasteiger partial charge in [-0.15, -0.1) is 0 Å². The Balaban J connectivity index is 2.54. The van der Waals surface area contributed by atoms with Crippen molar-refractivity contribution in [3.05, 3.63) is 35.4 Å². The fourth-order valence-electron chi connectivity index (χ4n) is 1.48. The third-order valence-electron chi connectivity index (χ3n) is 2.41. The van der Waals surface area contributed by atoms with E-state index in [4.69, 9.17) is 0 Å². The van der Waals surface area contributed by atoms with Gasteiger partial charge in [0, 0.05) is 0 Å². The maximum absolute atomic E-state index is 12.9. The topological polar surface area (TPSA) is 12.0 Å². The van der Waals surface area contributed by atoms with Crippen LogP contribution in [-0.4, -0.2) is 20.0 Å². The Morgan fingerprint density at radius 2 is 1.75 bits per heavy atom. The van der Waals surface area contributed by atoms with Gasteiger partial charge < -0.3 is 5.32 Å². The minimum absolute atomic E-state index is 0.0485. The second-order valence-electron chi connectivity index (χ2n) is 3.68. The van der Waals surface area contributed by atoms with Gasteiger partial charge in [0.2, 0.25) is 0 Å². The lowest BCUT2D eigenvalue weighted by molar-refractivity contribution is 0.0495. The van der Waals surface area contributed by atoms with Gasteiger partial charge in [-0.05, 0) is 37.6 Å². The molecule has 0 bridgehead atoms. The third-order valence-corrected chi connectivity index (χ3v) is 2.41. The van der Waals surface area contributed by atoms with Gasteiger partial charge in [-0.3, -0.25) is 0 Å². The van der Waals surface area contributed by atoms with Crippen molar-refractivity contribution in [3.63, 3.8) is 0 Å². The second kappa shape index (κ2) is 6.53. The molecule has 0 radical (unpaired) electrons. The summed E-state index contributed by atoms with van der Waals surface area (Å²) in [5.41, 5.74) is 1.09. The number of hydrogen-bond donors (Lipinski definition) is 1. The summed E-state index contributed by atoms with van der Waals surface area (Å²) in [5, 5.41) is 3.02. The molecule has 0 aliphatic heterocycles. The molecule has 0 aliphatic carbocycles. The Morgan fingerprint density at radius 3 is 2.25 bits per heavy atom. The number of benzene rings is 1. The van der Waals surface area contributed by atoms with Crippen molar-refractivity contribution in [2.24, 2.45) is 0 Å². The normalized spacial score (nSPS) is 13.1. The standard InChI is InChI=1S/C12H16F3N/c1-16-8-2-3-9-4-6-10(7-5-9)11(13)12(14)15/h4-7,11-12,16H,2-3,8H2,1H3. The summed E-state index contributed by atoms with van der Waals surface area (Å²) >= 11 is 0. The summed E-state index contributed by atoms with van der Waals surface area (Å²) in [4.78, 5) is 0. The highest BCUT2D eigenvalue weighted by atomic mass is 19.3. The summed E-state index contributed by atoms with van der Waals surface area (Å²) in [6.07, 6.45) is -3.28. The van der Waals surface area contributed by atoms with Crippen LogP contribution in [0.2, 0.25) is 0 Å². The van der Waals surface area contributed by atoms with Crippen LogP contribution in [-0.2, 0) is 6.42 Å². The first kappa shape index (κ1) is 13.0. The molecule has 4 heteroatoms. The molecule has 1 N–H and O–H groups in total. The van der Waals surface area contributed by atoms with Gasteiger partial charge in [-0.1, -0.05) is 24.3 Å². The summed E-state index contributed by atoms with van der Waals surface area (Å²) in [7, 11) is 1.87. The average molecular weight is 231 g/mol.